The number of hydrogen-bond acceptors (Lipinski definition) is 5. The van der Waals surface area contributed by atoms with Crippen LogP contribution in [0.3, 0.4) is 0 Å². The van der Waals surface area contributed by atoms with Crippen LogP contribution in [0.5, 0.6) is 0 Å². The molecule has 4 fully saturated rings. The molecular weight excluding hydrogens is 633 g/mol. The van der Waals surface area contributed by atoms with Crippen LogP contribution in [0, 0.1) is 62.1 Å². The van der Waals surface area contributed by atoms with E-state index in [1.807, 2.05) is 13.8 Å². The van der Waals surface area contributed by atoms with E-state index in [9.17, 15) is 37.5 Å². The highest BCUT2D eigenvalue weighted by molar-refractivity contribution is 6.07. The Labute approximate surface area is 290 Å². The van der Waals surface area contributed by atoms with Gasteiger partial charge in [-0.15, -0.1) is 0 Å². The van der Waals surface area contributed by atoms with E-state index in [0.717, 1.165) is 44.6 Å². The summed E-state index contributed by atoms with van der Waals surface area (Å²) in [6.07, 6.45) is 0.680. The Balaban J connectivity index is 1.47. The van der Waals surface area contributed by atoms with Crippen LogP contribution < -0.4 is 0 Å². The van der Waals surface area contributed by atoms with Crippen molar-refractivity contribution >= 4 is 23.5 Å². The highest BCUT2D eigenvalue weighted by atomic mass is 19.4. The maximum Gasteiger partial charge on any atom is 0.391 e. The number of ether oxygens (including phenoxy) is 1. The van der Waals surface area contributed by atoms with Crippen LogP contribution in [0.2, 0.25) is 0 Å². The summed E-state index contributed by atoms with van der Waals surface area (Å²) >= 11 is 0. The zero-order chi connectivity index (χ0) is 36.9. The summed E-state index contributed by atoms with van der Waals surface area (Å²) in [6.45, 7) is 19.6. The fourth-order valence-electron chi connectivity index (χ4n) is 12.4. The minimum absolute atomic E-state index is 0.00369. The van der Waals surface area contributed by atoms with Crippen LogP contribution in [-0.2, 0) is 23.9 Å². The fraction of sp³-hybridized carbons (Fsp3) is 0.850. The van der Waals surface area contributed by atoms with Gasteiger partial charge in [-0.3, -0.25) is 19.2 Å². The van der Waals surface area contributed by atoms with Gasteiger partial charge in [0.25, 0.3) is 0 Å². The first-order valence-corrected chi connectivity index (χ1v) is 18.6. The smallest absolute Gasteiger partial charge is 0.391 e. The second-order valence-corrected chi connectivity index (χ2v) is 19.1. The lowest BCUT2D eigenvalue weighted by Gasteiger charge is -2.72. The number of Topliss-reactive ketones (excluding diaryl/α,β-unsaturated/α-hetero) is 2. The molecule has 1 unspecified atom stereocenters. The fourth-order valence-corrected chi connectivity index (χ4v) is 12.4. The van der Waals surface area contributed by atoms with Gasteiger partial charge in [-0.05, 0) is 116 Å². The van der Waals surface area contributed by atoms with Crippen LogP contribution in [0.15, 0.2) is 11.1 Å². The quantitative estimate of drug-likeness (QED) is 0.255. The summed E-state index contributed by atoms with van der Waals surface area (Å²) in [5.41, 5.74) is -1.51. The van der Waals surface area contributed by atoms with Gasteiger partial charge in [0, 0.05) is 18.3 Å². The van der Waals surface area contributed by atoms with E-state index in [4.69, 9.17) is 4.74 Å². The molecule has 5 rings (SSSR count). The Morgan fingerprint density at radius 3 is 2.08 bits per heavy atom. The van der Waals surface area contributed by atoms with Gasteiger partial charge < -0.3 is 9.84 Å². The van der Waals surface area contributed by atoms with Crippen molar-refractivity contribution in [3.8, 4) is 0 Å². The van der Waals surface area contributed by atoms with Crippen LogP contribution in [0.4, 0.5) is 13.2 Å². The van der Waals surface area contributed by atoms with E-state index in [0.29, 0.717) is 30.8 Å². The van der Waals surface area contributed by atoms with E-state index in [-0.39, 0.29) is 64.1 Å². The molecule has 0 aliphatic heterocycles. The van der Waals surface area contributed by atoms with Crippen molar-refractivity contribution in [1.82, 2.24) is 0 Å². The molecule has 9 atom stereocenters. The predicted octanol–water partition coefficient (Wildman–Crippen LogP) is 9.54. The molecule has 5 aliphatic rings. The third-order valence-electron chi connectivity index (χ3n) is 15.4. The number of carbonyl (C=O) groups is 4. The molecule has 0 bridgehead atoms. The Hall–Kier alpha value is -2.19. The van der Waals surface area contributed by atoms with Crippen molar-refractivity contribution in [2.24, 2.45) is 62.1 Å². The number of alkyl halides is 3. The topological polar surface area (TPSA) is 97.7 Å². The number of fused-ring (bicyclic) bond motifs is 7. The van der Waals surface area contributed by atoms with Gasteiger partial charge in [-0.1, -0.05) is 55.4 Å². The first-order valence-electron chi connectivity index (χ1n) is 18.6. The zero-order valence-electron chi connectivity index (χ0n) is 31.4. The first kappa shape index (κ1) is 38.1. The molecule has 49 heavy (non-hydrogen) atoms. The third kappa shape index (κ3) is 5.64. The number of carboxylic acids is 1. The summed E-state index contributed by atoms with van der Waals surface area (Å²) in [7, 11) is 0. The van der Waals surface area contributed by atoms with E-state index in [2.05, 4.69) is 34.6 Å². The van der Waals surface area contributed by atoms with Gasteiger partial charge in [-0.2, -0.15) is 13.2 Å². The number of esters is 1. The number of allylic oxidation sites excluding steroid dienone is 2. The number of carboxylic acid groups (broad SMARTS) is 1. The second kappa shape index (κ2) is 11.9. The van der Waals surface area contributed by atoms with Crippen LogP contribution in [0.1, 0.15) is 140 Å². The standard InChI is InChI=1S/C40H59F3O6/c1-22(2)31-25(44)20-39(28(45)19-23(3)40(41,42)43)18-17-37(9)24(32(31)39)11-12-27-36(8)15-14-29(49-30(46)21-34(4,5)33(47)48)35(6,7)26(36)13-16-38(27,37)10/h22-24,26-27,29H,11-21H2,1-10H3,(H,47,48)/t23?,24-,26+,27-,29+,36+,37-,38-,39+/m1/s1. The average molecular weight is 693 g/mol. The Morgan fingerprint density at radius 2 is 1.51 bits per heavy atom. The van der Waals surface area contributed by atoms with E-state index in [1.165, 1.54) is 13.8 Å². The molecule has 0 aromatic rings. The molecule has 0 spiro atoms. The van der Waals surface area contributed by atoms with E-state index >= 15 is 0 Å². The monoisotopic (exact) mass is 692 g/mol. The van der Waals surface area contributed by atoms with Crippen molar-refractivity contribution in [2.75, 3.05) is 0 Å². The molecule has 0 saturated heterocycles. The van der Waals surface area contributed by atoms with Gasteiger partial charge in [0.05, 0.1) is 23.2 Å². The molecule has 0 amide bonds. The number of aliphatic carboxylic acids is 1. The number of ketones is 2. The van der Waals surface area contributed by atoms with Crippen molar-refractivity contribution in [3.05, 3.63) is 11.1 Å². The molecule has 276 valence electrons. The maximum atomic E-state index is 14.1. The first-order chi connectivity index (χ1) is 22.3. The minimum atomic E-state index is -4.47. The average Bonchev–Trinajstić information content (AvgIpc) is 3.27. The number of hydrogen-bond donors (Lipinski definition) is 1. The van der Waals surface area contributed by atoms with Crippen molar-refractivity contribution in [3.63, 3.8) is 0 Å². The SMILES string of the molecule is CC(C)C1=C2[C@H]3CC[C@@H]4[C@@]5(C)CC[C@H](OC(=O)CC(C)(C)C(=O)O)C(C)(C)[C@@H]5CC[C@@]4(C)[C@]3(C)CC[C@@]2(C(=O)CC(C)C(F)(F)F)CC1=O. The molecule has 0 radical (unpaired) electrons. The molecule has 1 N–H and O–H groups in total. The third-order valence-corrected chi connectivity index (χ3v) is 15.4. The van der Waals surface area contributed by atoms with Crippen LogP contribution in [-0.4, -0.2) is 40.9 Å². The van der Waals surface area contributed by atoms with Gasteiger partial charge in [-0.25, -0.2) is 0 Å². The predicted molar refractivity (Wildman–Crippen MR) is 180 cm³/mol. The van der Waals surface area contributed by atoms with Gasteiger partial charge in [0.2, 0.25) is 0 Å². The molecule has 0 aromatic carbocycles. The van der Waals surface area contributed by atoms with Crippen molar-refractivity contribution < 1.29 is 42.2 Å². The number of halogens is 3. The van der Waals surface area contributed by atoms with Gasteiger partial charge in [0.15, 0.2) is 5.78 Å². The summed E-state index contributed by atoms with van der Waals surface area (Å²) in [4.78, 5) is 52.5. The lowest BCUT2D eigenvalue weighted by Crippen LogP contribution is -2.66. The maximum absolute atomic E-state index is 14.1. The molecule has 0 heterocycles. The molecule has 4 saturated carbocycles. The number of carbonyl (C=O) groups excluding carboxylic acids is 3. The Kier molecular flexibility index (Phi) is 9.26. The zero-order valence-corrected chi connectivity index (χ0v) is 31.4. The summed E-state index contributed by atoms with van der Waals surface area (Å²) in [5.74, 6) is -3.29. The Morgan fingerprint density at radius 1 is 0.878 bits per heavy atom. The second-order valence-electron chi connectivity index (χ2n) is 19.1. The molecule has 9 heteroatoms. The molecule has 0 aromatic heterocycles. The summed E-state index contributed by atoms with van der Waals surface area (Å²) in [5, 5.41) is 9.55. The minimum Gasteiger partial charge on any atom is -0.481 e. The van der Waals surface area contributed by atoms with E-state index in [1.54, 1.807) is 0 Å². The highest BCUT2D eigenvalue weighted by Gasteiger charge is 2.71. The largest absolute Gasteiger partial charge is 0.481 e. The van der Waals surface area contributed by atoms with Crippen molar-refractivity contribution in [1.29, 1.82) is 0 Å². The summed E-state index contributed by atoms with van der Waals surface area (Å²) < 4.78 is 47.2. The normalized spacial score (nSPS) is 39.4. The highest BCUT2D eigenvalue weighted by Crippen LogP contribution is 2.77. The van der Waals surface area contributed by atoms with Crippen LogP contribution >= 0.6 is 0 Å². The molecule has 6 nitrogen and oxygen atoms in total. The van der Waals surface area contributed by atoms with Crippen LogP contribution in [0.25, 0.3) is 0 Å². The molecule has 5 aliphatic carbocycles. The van der Waals surface area contributed by atoms with Gasteiger partial charge in [0.1, 0.15) is 11.9 Å². The lowest BCUT2D eigenvalue weighted by molar-refractivity contribution is -0.233. The summed E-state index contributed by atoms with van der Waals surface area (Å²) in [6, 6.07) is 0. The lowest BCUT2D eigenvalue weighted by atomic mass is 9.33. The van der Waals surface area contributed by atoms with Crippen molar-refractivity contribution in [2.45, 2.75) is 152 Å². The molecular formula is C40H59F3O6. The van der Waals surface area contributed by atoms with E-state index < -0.39 is 47.1 Å². The van der Waals surface area contributed by atoms with Gasteiger partial charge >= 0.3 is 18.1 Å². The Bertz CT molecular complexity index is 1440. The number of rotatable bonds is 8.